The minimum atomic E-state index is -5.08. The lowest BCUT2D eigenvalue weighted by atomic mass is 9.89. The van der Waals surface area contributed by atoms with Gasteiger partial charge >= 0.3 is 12.1 Å². The van der Waals surface area contributed by atoms with Crippen molar-refractivity contribution in [1.82, 2.24) is 9.80 Å². The van der Waals surface area contributed by atoms with E-state index in [2.05, 4.69) is 4.90 Å². The molecule has 10 heteroatoms. The number of carbonyl (C=O) groups excluding carboxylic acids is 1. The number of aliphatic carboxylic acids is 1. The van der Waals surface area contributed by atoms with E-state index in [1.807, 2.05) is 4.90 Å². The third-order valence-corrected chi connectivity index (χ3v) is 6.78. The maximum Gasteiger partial charge on any atom is 0.490 e. The fraction of sp³-hybridized carbons (Fsp3) is 0.905. The van der Waals surface area contributed by atoms with Crippen molar-refractivity contribution in [3.8, 4) is 0 Å². The molecule has 3 saturated heterocycles. The Morgan fingerprint density at radius 2 is 1.71 bits per heavy atom. The quantitative estimate of drug-likeness (QED) is 0.710. The highest BCUT2D eigenvalue weighted by molar-refractivity contribution is 5.78. The van der Waals surface area contributed by atoms with Crippen LogP contribution < -0.4 is 0 Å². The van der Waals surface area contributed by atoms with Crippen LogP contribution >= 0.6 is 0 Å². The van der Waals surface area contributed by atoms with E-state index >= 15 is 0 Å². The van der Waals surface area contributed by atoms with Crippen LogP contribution in [-0.2, 0) is 19.1 Å². The van der Waals surface area contributed by atoms with Crippen molar-refractivity contribution in [3.05, 3.63) is 0 Å². The van der Waals surface area contributed by atoms with Gasteiger partial charge in [-0.3, -0.25) is 4.79 Å². The lowest BCUT2D eigenvalue weighted by molar-refractivity contribution is -0.192. The summed E-state index contributed by atoms with van der Waals surface area (Å²) in [6, 6.07) is 0.658. The Kier molecular flexibility index (Phi) is 8.20. The first kappa shape index (κ1) is 24.3. The van der Waals surface area contributed by atoms with Crippen molar-refractivity contribution in [2.75, 3.05) is 39.4 Å². The smallest absolute Gasteiger partial charge is 0.475 e. The Morgan fingerprint density at radius 3 is 2.32 bits per heavy atom. The number of ether oxygens (including phenoxy) is 2. The van der Waals surface area contributed by atoms with Crippen LogP contribution in [0.15, 0.2) is 0 Å². The molecule has 4 fully saturated rings. The second-order valence-corrected chi connectivity index (χ2v) is 9.01. The summed E-state index contributed by atoms with van der Waals surface area (Å²) in [5, 5.41) is 7.12. The molecular formula is C21H33F3N2O5. The van der Waals surface area contributed by atoms with Crippen molar-refractivity contribution < 1.29 is 37.3 Å². The van der Waals surface area contributed by atoms with Crippen LogP contribution in [0.3, 0.4) is 0 Å². The van der Waals surface area contributed by atoms with E-state index in [4.69, 9.17) is 19.4 Å². The van der Waals surface area contributed by atoms with Crippen LogP contribution in [0.5, 0.6) is 0 Å². The van der Waals surface area contributed by atoms with Crippen LogP contribution in [0.4, 0.5) is 13.2 Å². The topological polar surface area (TPSA) is 79.3 Å². The number of carbonyl (C=O) groups is 2. The fourth-order valence-corrected chi connectivity index (χ4v) is 5.10. The van der Waals surface area contributed by atoms with Gasteiger partial charge in [0, 0.05) is 25.7 Å². The molecule has 0 aromatic carbocycles. The minimum Gasteiger partial charge on any atom is -0.475 e. The molecule has 0 radical (unpaired) electrons. The third-order valence-electron chi connectivity index (χ3n) is 6.78. The van der Waals surface area contributed by atoms with Crippen LogP contribution in [0.25, 0.3) is 0 Å². The van der Waals surface area contributed by atoms with Gasteiger partial charge < -0.3 is 24.4 Å². The number of rotatable bonds is 4. The summed E-state index contributed by atoms with van der Waals surface area (Å²) in [5.74, 6) is -2.60. The van der Waals surface area contributed by atoms with E-state index < -0.39 is 12.1 Å². The zero-order chi connectivity index (χ0) is 22.5. The predicted molar refractivity (Wildman–Crippen MR) is 106 cm³/mol. The van der Waals surface area contributed by atoms with Gasteiger partial charge in [-0.15, -0.1) is 0 Å². The first-order valence-corrected chi connectivity index (χ1v) is 11.3. The van der Waals surface area contributed by atoms with Gasteiger partial charge in [-0.1, -0.05) is 12.8 Å². The summed E-state index contributed by atoms with van der Waals surface area (Å²) in [5.41, 5.74) is -0.0888. The minimum absolute atomic E-state index is 0.0888. The first-order valence-electron chi connectivity index (χ1n) is 11.3. The van der Waals surface area contributed by atoms with E-state index in [-0.39, 0.29) is 18.1 Å². The summed E-state index contributed by atoms with van der Waals surface area (Å²) < 4.78 is 43.8. The number of halogens is 3. The van der Waals surface area contributed by atoms with Gasteiger partial charge in [0.2, 0.25) is 5.91 Å². The summed E-state index contributed by atoms with van der Waals surface area (Å²) in [4.78, 5) is 26.0. The first-order chi connectivity index (χ1) is 14.7. The van der Waals surface area contributed by atoms with Gasteiger partial charge in [0.25, 0.3) is 0 Å². The van der Waals surface area contributed by atoms with Crippen LogP contribution in [0.2, 0.25) is 0 Å². The number of alkyl halides is 3. The molecule has 2 atom stereocenters. The third kappa shape index (κ3) is 6.79. The van der Waals surface area contributed by atoms with E-state index in [0.29, 0.717) is 12.1 Å². The number of carboxylic acid groups (broad SMARTS) is 1. The lowest BCUT2D eigenvalue weighted by Crippen LogP contribution is -2.50. The monoisotopic (exact) mass is 450 g/mol. The molecule has 4 rings (SSSR count). The van der Waals surface area contributed by atoms with Gasteiger partial charge in [0.15, 0.2) is 0 Å². The highest BCUT2D eigenvalue weighted by Gasteiger charge is 2.46. The zero-order valence-corrected chi connectivity index (χ0v) is 17.9. The van der Waals surface area contributed by atoms with Crippen LogP contribution in [-0.4, -0.2) is 90.1 Å². The van der Waals surface area contributed by atoms with Gasteiger partial charge in [0.05, 0.1) is 11.7 Å². The number of likely N-dealkylation sites (tertiary alicyclic amines) is 2. The molecule has 31 heavy (non-hydrogen) atoms. The second-order valence-electron chi connectivity index (χ2n) is 9.01. The molecule has 0 aromatic heterocycles. The van der Waals surface area contributed by atoms with Crippen molar-refractivity contribution >= 4 is 11.9 Å². The molecule has 7 nitrogen and oxygen atoms in total. The summed E-state index contributed by atoms with van der Waals surface area (Å²) in [6.45, 7) is 5.21. The van der Waals surface area contributed by atoms with Crippen molar-refractivity contribution in [2.24, 2.45) is 0 Å². The second kappa shape index (κ2) is 10.5. The average Bonchev–Trinajstić information content (AvgIpc) is 3.48. The summed E-state index contributed by atoms with van der Waals surface area (Å²) >= 11 is 0. The standard InChI is InChI=1S/C19H32N2O3.C2HF3O2/c22-18(14-23-17-5-1-2-6-17)21-11-8-19(15-21)13-16(7-12-24-19)20-9-3-4-10-20;3-2(4,5)1(6)7/h16-17H,1-15H2;(H,6,7)/t16-,19-;/m1./s1. The molecule has 1 spiro atoms. The highest BCUT2D eigenvalue weighted by atomic mass is 19.4. The fourth-order valence-electron chi connectivity index (χ4n) is 5.10. The number of hydrogen-bond donors (Lipinski definition) is 1. The maximum absolute atomic E-state index is 12.5. The van der Waals surface area contributed by atoms with Gasteiger partial charge in [-0.05, 0) is 58.0 Å². The van der Waals surface area contributed by atoms with E-state index in [9.17, 15) is 18.0 Å². The Bertz CT molecular complexity index is 621. The Morgan fingerprint density at radius 1 is 1.06 bits per heavy atom. The average molecular weight is 450 g/mol. The lowest BCUT2D eigenvalue weighted by Gasteiger charge is -2.41. The molecule has 3 aliphatic heterocycles. The van der Waals surface area contributed by atoms with Crippen molar-refractivity contribution in [3.63, 3.8) is 0 Å². The molecule has 178 valence electrons. The Balaban J connectivity index is 0.000000339. The number of nitrogens with zero attached hydrogens (tertiary/aromatic N) is 2. The van der Waals surface area contributed by atoms with E-state index in [0.717, 1.165) is 51.8 Å². The van der Waals surface area contributed by atoms with E-state index in [1.165, 1.54) is 38.8 Å². The Labute approximate surface area is 180 Å². The van der Waals surface area contributed by atoms with Crippen molar-refractivity contribution in [2.45, 2.75) is 81.7 Å². The summed E-state index contributed by atoms with van der Waals surface area (Å²) in [7, 11) is 0. The normalized spacial score (nSPS) is 29.9. The molecule has 0 unspecified atom stereocenters. The number of amides is 1. The van der Waals surface area contributed by atoms with Gasteiger partial charge in [0.1, 0.15) is 6.61 Å². The molecule has 1 amide bonds. The number of hydrogen-bond acceptors (Lipinski definition) is 5. The van der Waals surface area contributed by atoms with E-state index in [1.54, 1.807) is 0 Å². The Hall–Kier alpha value is -1.39. The van der Waals surface area contributed by atoms with Crippen LogP contribution in [0.1, 0.15) is 57.8 Å². The molecule has 0 aromatic rings. The molecule has 0 bridgehead atoms. The maximum atomic E-state index is 12.5. The predicted octanol–water partition coefficient (Wildman–Crippen LogP) is 2.82. The van der Waals surface area contributed by atoms with Crippen LogP contribution in [0, 0.1) is 0 Å². The largest absolute Gasteiger partial charge is 0.490 e. The molecule has 3 heterocycles. The zero-order valence-electron chi connectivity index (χ0n) is 17.9. The van der Waals surface area contributed by atoms with Gasteiger partial charge in [-0.25, -0.2) is 4.79 Å². The SMILES string of the molecule is O=C(COC1CCCC1)N1CC[C@@]2(C[C@H](N3CCCC3)CCO2)C1.O=C(O)C(F)(F)F. The van der Waals surface area contributed by atoms with Gasteiger partial charge in [-0.2, -0.15) is 13.2 Å². The molecular weight excluding hydrogens is 417 g/mol. The summed E-state index contributed by atoms with van der Waals surface area (Å²) in [6.07, 6.45) is 5.90. The molecule has 1 aliphatic carbocycles. The van der Waals surface area contributed by atoms with Crippen molar-refractivity contribution in [1.29, 1.82) is 0 Å². The highest BCUT2D eigenvalue weighted by Crippen LogP contribution is 2.37. The molecule has 1 N–H and O–H groups in total. The number of carboxylic acids is 1. The molecule has 4 aliphatic rings. The molecule has 1 saturated carbocycles.